The van der Waals surface area contributed by atoms with Crippen LogP contribution in [-0.2, 0) is 14.4 Å². The first-order valence-corrected chi connectivity index (χ1v) is 6.49. The van der Waals surface area contributed by atoms with Crippen molar-refractivity contribution in [3.63, 3.8) is 0 Å². The van der Waals surface area contributed by atoms with E-state index in [9.17, 15) is 14.4 Å². The highest BCUT2D eigenvalue weighted by Gasteiger charge is 2.44. The van der Waals surface area contributed by atoms with Crippen LogP contribution < -0.4 is 5.32 Å². The van der Waals surface area contributed by atoms with Crippen molar-refractivity contribution in [2.24, 2.45) is 0 Å². The molecule has 0 radical (unpaired) electrons. The van der Waals surface area contributed by atoms with Gasteiger partial charge < -0.3 is 5.32 Å². The van der Waals surface area contributed by atoms with Gasteiger partial charge in [-0.25, -0.2) is 9.86 Å². The third-order valence-corrected chi connectivity index (χ3v) is 3.27. The molecule has 0 aromatic heterocycles. The van der Waals surface area contributed by atoms with Crippen LogP contribution >= 0.6 is 0 Å². The zero-order chi connectivity index (χ0) is 14.0. The first-order chi connectivity index (χ1) is 8.92. The van der Waals surface area contributed by atoms with E-state index in [1.54, 1.807) is 13.8 Å². The Balaban J connectivity index is 1.87. The number of carbonyl (C=O) groups excluding carboxylic acids is 3. The van der Waals surface area contributed by atoms with Crippen molar-refractivity contribution in [2.45, 2.75) is 38.6 Å². The summed E-state index contributed by atoms with van der Waals surface area (Å²) in [5.41, 5.74) is -0.887. The van der Waals surface area contributed by atoms with Gasteiger partial charge in [0.05, 0.1) is 6.61 Å². The number of rotatable bonds is 3. The van der Waals surface area contributed by atoms with Gasteiger partial charge in [-0.2, -0.15) is 0 Å². The van der Waals surface area contributed by atoms with Crippen LogP contribution in [0, 0.1) is 0 Å². The van der Waals surface area contributed by atoms with Crippen LogP contribution in [0.3, 0.4) is 0 Å². The molecule has 7 nitrogen and oxygen atoms in total. The molecule has 19 heavy (non-hydrogen) atoms. The summed E-state index contributed by atoms with van der Waals surface area (Å²) >= 11 is 0. The van der Waals surface area contributed by atoms with Crippen LogP contribution in [0.1, 0.15) is 33.1 Å². The number of urea groups is 1. The molecule has 0 unspecified atom stereocenters. The summed E-state index contributed by atoms with van der Waals surface area (Å²) < 4.78 is 0. The van der Waals surface area contributed by atoms with Crippen molar-refractivity contribution in [3.05, 3.63) is 0 Å². The van der Waals surface area contributed by atoms with Gasteiger partial charge in [-0.1, -0.05) is 0 Å². The van der Waals surface area contributed by atoms with Crippen molar-refractivity contribution < 1.29 is 19.2 Å². The second-order valence-electron chi connectivity index (χ2n) is 5.30. The smallest absolute Gasteiger partial charge is 0.324 e. The fraction of sp³-hybridized carbons (Fsp3) is 0.750. The Hall–Kier alpha value is -1.63. The van der Waals surface area contributed by atoms with Crippen LogP contribution in [0.25, 0.3) is 0 Å². The highest BCUT2D eigenvalue weighted by molar-refractivity contribution is 6.06. The summed E-state index contributed by atoms with van der Waals surface area (Å²) in [6.45, 7) is 4.49. The lowest BCUT2D eigenvalue weighted by Gasteiger charge is -2.26. The Morgan fingerprint density at radius 3 is 2.63 bits per heavy atom. The molecule has 2 rings (SSSR count). The Morgan fingerprint density at radius 1 is 1.37 bits per heavy atom. The SMILES string of the molecule is CC1(C)NC(=O)N(CCC(=O)N2CCCCO2)C1=O. The quantitative estimate of drug-likeness (QED) is 0.745. The molecule has 2 fully saturated rings. The number of imide groups is 1. The van der Waals surface area contributed by atoms with E-state index < -0.39 is 11.6 Å². The van der Waals surface area contributed by atoms with Crippen LogP contribution in [-0.4, -0.2) is 53.0 Å². The molecule has 0 bridgehead atoms. The Kier molecular flexibility index (Phi) is 3.75. The molecule has 2 heterocycles. The van der Waals surface area contributed by atoms with Gasteiger partial charge in [0.2, 0.25) is 5.91 Å². The molecular weight excluding hydrogens is 250 g/mol. The monoisotopic (exact) mass is 269 g/mol. The lowest BCUT2D eigenvalue weighted by atomic mass is 10.1. The molecule has 2 aliphatic heterocycles. The molecule has 7 heteroatoms. The highest BCUT2D eigenvalue weighted by Crippen LogP contribution is 2.17. The van der Waals surface area contributed by atoms with E-state index in [4.69, 9.17) is 4.84 Å². The minimum atomic E-state index is -0.887. The Bertz CT molecular complexity index is 402. The van der Waals surface area contributed by atoms with Gasteiger partial charge in [0, 0.05) is 19.5 Å². The van der Waals surface area contributed by atoms with Gasteiger partial charge >= 0.3 is 6.03 Å². The average molecular weight is 269 g/mol. The maximum Gasteiger partial charge on any atom is 0.325 e. The number of hydroxylamine groups is 2. The van der Waals surface area contributed by atoms with Crippen LogP contribution in [0.15, 0.2) is 0 Å². The second kappa shape index (κ2) is 5.16. The second-order valence-corrected chi connectivity index (χ2v) is 5.30. The maximum absolute atomic E-state index is 11.9. The van der Waals surface area contributed by atoms with E-state index >= 15 is 0 Å². The van der Waals surface area contributed by atoms with Crippen molar-refractivity contribution >= 4 is 17.8 Å². The van der Waals surface area contributed by atoms with Gasteiger partial charge in [-0.3, -0.25) is 19.3 Å². The van der Waals surface area contributed by atoms with Crippen molar-refractivity contribution in [1.29, 1.82) is 0 Å². The van der Waals surface area contributed by atoms with Crippen molar-refractivity contribution in [1.82, 2.24) is 15.3 Å². The zero-order valence-electron chi connectivity index (χ0n) is 11.3. The molecule has 0 aromatic rings. The van der Waals surface area contributed by atoms with E-state index in [-0.39, 0.29) is 24.8 Å². The molecule has 4 amide bonds. The molecule has 0 aliphatic carbocycles. The minimum Gasteiger partial charge on any atom is -0.324 e. The van der Waals surface area contributed by atoms with E-state index in [0.717, 1.165) is 17.7 Å². The maximum atomic E-state index is 11.9. The normalized spacial score (nSPS) is 22.6. The summed E-state index contributed by atoms with van der Waals surface area (Å²) in [7, 11) is 0. The number of carbonyl (C=O) groups is 3. The van der Waals surface area contributed by atoms with Gasteiger partial charge in [0.1, 0.15) is 5.54 Å². The fourth-order valence-electron chi connectivity index (χ4n) is 2.15. The predicted octanol–water partition coefficient (Wildman–Crippen LogP) is 0.261. The highest BCUT2D eigenvalue weighted by atomic mass is 16.7. The van der Waals surface area contributed by atoms with E-state index in [1.807, 2.05) is 0 Å². The van der Waals surface area contributed by atoms with Gasteiger partial charge in [-0.05, 0) is 26.7 Å². The zero-order valence-corrected chi connectivity index (χ0v) is 11.3. The molecule has 1 N–H and O–H groups in total. The molecule has 0 atom stereocenters. The largest absolute Gasteiger partial charge is 0.325 e. The molecule has 0 saturated carbocycles. The molecule has 2 saturated heterocycles. The summed E-state index contributed by atoms with van der Waals surface area (Å²) in [4.78, 5) is 41.7. The molecule has 0 spiro atoms. The van der Waals surface area contributed by atoms with Crippen LogP contribution in [0.4, 0.5) is 4.79 Å². The number of nitrogens with one attached hydrogen (secondary N) is 1. The first-order valence-electron chi connectivity index (χ1n) is 6.49. The number of nitrogens with zero attached hydrogens (tertiary/aromatic N) is 2. The van der Waals surface area contributed by atoms with Gasteiger partial charge in [-0.15, -0.1) is 0 Å². The van der Waals surface area contributed by atoms with Gasteiger partial charge in [0.25, 0.3) is 5.91 Å². The number of hydrogen-bond acceptors (Lipinski definition) is 4. The summed E-state index contributed by atoms with van der Waals surface area (Å²) in [6, 6.07) is -0.442. The third-order valence-electron chi connectivity index (χ3n) is 3.27. The number of hydrogen-bond donors (Lipinski definition) is 1. The molecule has 106 valence electrons. The summed E-state index contributed by atoms with van der Waals surface area (Å²) in [5.74, 6) is -0.491. The van der Waals surface area contributed by atoms with E-state index in [2.05, 4.69) is 5.32 Å². The minimum absolute atomic E-state index is 0.0901. The average Bonchev–Trinajstić information content (AvgIpc) is 2.57. The van der Waals surface area contributed by atoms with E-state index in [1.165, 1.54) is 5.06 Å². The van der Waals surface area contributed by atoms with Crippen LogP contribution in [0.5, 0.6) is 0 Å². The van der Waals surface area contributed by atoms with Crippen molar-refractivity contribution in [2.75, 3.05) is 19.7 Å². The topological polar surface area (TPSA) is 79.0 Å². The summed E-state index contributed by atoms with van der Waals surface area (Å²) in [5, 5.41) is 3.90. The fourth-order valence-corrected chi connectivity index (χ4v) is 2.15. The predicted molar refractivity (Wildman–Crippen MR) is 65.8 cm³/mol. The van der Waals surface area contributed by atoms with Gasteiger partial charge in [0.15, 0.2) is 0 Å². The third kappa shape index (κ3) is 2.86. The Morgan fingerprint density at radius 2 is 2.11 bits per heavy atom. The van der Waals surface area contributed by atoms with E-state index in [0.29, 0.717) is 13.2 Å². The lowest BCUT2D eigenvalue weighted by Crippen LogP contribution is -2.41. The molecular formula is C12H19N3O4. The standard InChI is InChI=1S/C12H19N3O4/c1-12(2)10(17)14(11(18)13-12)7-5-9(16)15-6-3-4-8-19-15/h3-8H2,1-2H3,(H,13,18). The lowest BCUT2D eigenvalue weighted by molar-refractivity contribution is -0.197. The number of amides is 4. The molecule has 0 aromatic carbocycles. The first kappa shape index (κ1) is 13.8. The van der Waals surface area contributed by atoms with Crippen LogP contribution in [0.2, 0.25) is 0 Å². The molecule has 2 aliphatic rings. The van der Waals surface area contributed by atoms with Crippen molar-refractivity contribution in [3.8, 4) is 0 Å². The summed E-state index contributed by atoms with van der Waals surface area (Å²) in [6.07, 6.45) is 1.96. The Labute approximate surface area is 111 Å².